The van der Waals surface area contributed by atoms with Gasteiger partial charge in [-0.15, -0.1) is 0 Å². The van der Waals surface area contributed by atoms with Gasteiger partial charge in [0, 0.05) is 24.6 Å². The van der Waals surface area contributed by atoms with E-state index < -0.39 is 0 Å². The van der Waals surface area contributed by atoms with Crippen molar-refractivity contribution in [2.24, 2.45) is 11.3 Å². The highest BCUT2D eigenvalue weighted by atomic mass is 16.1. The Kier molecular flexibility index (Phi) is 5.83. The molecule has 1 aliphatic rings. The lowest BCUT2D eigenvalue weighted by molar-refractivity contribution is 0.0854. The maximum Gasteiger partial charge on any atom is 0.167 e. The number of pyridine rings is 1. The maximum atomic E-state index is 12.5. The van der Waals surface area contributed by atoms with Crippen LogP contribution in [0.5, 0.6) is 0 Å². The van der Waals surface area contributed by atoms with E-state index in [1.165, 1.54) is 19.3 Å². The lowest BCUT2D eigenvalue weighted by atomic mass is 9.79. The van der Waals surface area contributed by atoms with Gasteiger partial charge in [0.15, 0.2) is 5.78 Å². The number of ketones is 1. The number of hydrogen-bond donors (Lipinski definition) is 0. The molecule has 0 saturated heterocycles. The van der Waals surface area contributed by atoms with Crippen LogP contribution in [0.4, 0.5) is 5.82 Å². The van der Waals surface area contributed by atoms with Crippen LogP contribution in [0.15, 0.2) is 12.1 Å². The van der Waals surface area contributed by atoms with Crippen molar-refractivity contribution in [1.29, 1.82) is 0 Å². The average Bonchev–Trinajstić information content (AvgIpc) is 2.40. The van der Waals surface area contributed by atoms with E-state index in [9.17, 15) is 4.79 Å². The number of anilines is 1. The summed E-state index contributed by atoms with van der Waals surface area (Å²) >= 11 is 0. The standard InChI is InChI=1S/C20H32N2O/c1-6-7-13-22(14-20(3,4)5)18-12-11-17(15(2)21-18)19(23)16-9-8-10-16/h11-12,16H,6-10,13-14H2,1-5H3. The first-order valence-electron chi connectivity index (χ1n) is 9.08. The van der Waals surface area contributed by atoms with Crippen LogP contribution in [-0.4, -0.2) is 23.9 Å². The molecule has 3 heteroatoms. The molecule has 0 amide bonds. The van der Waals surface area contributed by atoms with Crippen LogP contribution >= 0.6 is 0 Å². The number of carbonyl (C=O) groups excluding carboxylic acids is 1. The predicted octanol–water partition coefficient (Wildman–Crippen LogP) is 5.03. The van der Waals surface area contributed by atoms with Gasteiger partial charge in [-0.3, -0.25) is 4.79 Å². The third-order valence-corrected chi connectivity index (χ3v) is 4.58. The van der Waals surface area contributed by atoms with Crippen molar-refractivity contribution in [3.05, 3.63) is 23.4 Å². The van der Waals surface area contributed by atoms with Crippen LogP contribution < -0.4 is 4.90 Å². The molecular formula is C20H32N2O. The minimum atomic E-state index is 0.226. The molecule has 0 aliphatic heterocycles. The average molecular weight is 316 g/mol. The number of unbranched alkanes of at least 4 members (excludes halogenated alkanes) is 1. The summed E-state index contributed by atoms with van der Waals surface area (Å²) in [6, 6.07) is 4.04. The first-order valence-corrected chi connectivity index (χ1v) is 9.08. The van der Waals surface area contributed by atoms with Crippen LogP contribution in [0.2, 0.25) is 0 Å². The third-order valence-electron chi connectivity index (χ3n) is 4.58. The summed E-state index contributed by atoms with van der Waals surface area (Å²) in [5, 5.41) is 0. The van der Waals surface area contributed by atoms with E-state index in [1.807, 2.05) is 19.1 Å². The van der Waals surface area contributed by atoms with Gasteiger partial charge in [-0.05, 0) is 43.7 Å². The quantitative estimate of drug-likeness (QED) is 0.662. The highest BCUT2D eigenvalue weighted by molar-refractivity contribution is 5.99. The zero-order valence-electron chi connectivity index (χ0n) is 15.5. The lowest BCUT2D eigenvalue weighted by Gasteiger charge is -2.31. The highest BCUT2D eigenvalue weighted by Gasteiger charge is 2.28. The van der Waals surface area contributed by atoms with E-state index in [1.54, 1.807) is 0 Å². The van der Waals surface area contributed by atoms with E-state index in [0.29, 0.717) is 5.78 Å². The molecular weight excluding hydrogens is 284 g/mol. The Morgan fingerprint density at radius 1 is 1.30 bits per heavy atom. The second-order valence-corrected chi connectivity index (χ2v) is 8.13. The van der Waals surface area contributed by atoms with E-state index >= 15 is 0 Å². The van der Waals surface area contributed by atoms with E-state index in [0.717, 1.165) is 43.0 Å². The molecule has 128 valence electrons. The lowest BCUT2D eigenvalue weighted by Crippen LogP contribution is -2.34. The topological polar surface area (TPSA) is 33.2 Å². The summed E-state index contributed by atoms with van der Waals surface area (Å²) in [5.74, 6) is 1.55. The van der Waals surface area contributed by atoms with E-state index in [2.05, 4.69) is 32.6 Å². The Bertz CT molecular complexity index is 541. The van der Waals surface area contributed by atoms with Crippen LogP contribution in [-0.2, 0) is 0 Å². The molecule has 1 fully saturated rings. The SMILES string of the molecule is CCCCN(CC(C)(C)C)c1ccc(C(=O)C2CCC2)c(C)n1. The van der Waals surface area contributed by atoms with Crippen molar-refractivity contribution in [2.75, 3.05) is 18.0 Å². The second-order valence-electron chi connectivity index (χ2n) is 8.13. The summed E-state index contributed by atoms with van der Waals surface area (Å²) in [5.41, 5.74) is 1.93. The highest BCUT2D eigenvalue weighted by Crippen LogP contribution is 2.31. The summed E-state index contributed by atoms with van der Waals surface area (Å²) in [4.78, 5) is 19.6. The molecule has 0 aromatic carbocycles. The number of aryl methyl sites for hydroxylation is 1. The zero-order valence-corrected chi connectivity index (χ0v) is 15.5. The summed E-state index contributed by atoms with van der Waals surface area (Å²) in [7, 11) is 0. The monoisotopic (exact) mass is 316 g/mol. The molecule has 1 aliphatic carbocycles. The Balaban J connectivity index is 2.18. The Morgan fingerprint density at radius 2 is 2.00 bits per heavy atom. The molecule has 0 unspecified atom stereocenters. The smallest absolute Gasteiger partial charge is 0.167 e. The van der Waals surface area contributed by atoms with Gasteiger partial charge in [-0.25, -0.2) is 4.98 Å². The Labute approximate surface area is 141 Å². The second kappa shape index (κ2) is 7.46. The fraction of sp³-hybridized carbons (Fsp3) is 0.700. The van der Waals surface area contributed by atoms with Crippen molar-refractivity contribution in [3.63, 3.8) is 0 Å². The molecule has 1 aromatic rings. The summed E-state index contributed by atoms with van der Waals surface area (Å²) in [6.45, 7) is 13.0. The van der Waals surface area contributed by atoms with Crippen molar-refractivity contribution in [2.45, 2.75) is 66.7 Å². The first-order chi connectivity index (χ1) is 10.8. The first kappa shape index (κ1) is 18.0. The van der Waals surface area contributed by atoms with Crippen molar-refractivity contribution < 1.29 is 4.79 Å². The molecule has 3 nitrogen and oxygen atoms in total. The van der Waals surface area contributed by atoms with Crippen LogP contribution in [0, 0.1) is 18.3 Å². The normalized spacial score (nSPS) is 15.3. The molecule has 1 heterocycles. The minimum absolute atomic E-state index is 0.226. The van der Waals surface area contributed by atoms with Crippen molar-refractivity contribution >= 4 is 11.6 Å². The van der Waals surface area contributed by atoms with Crippen LogP contribution in [0.25, 0.3) is 0 Å². The van der Waals surface area contributed by atoms with Crippen molar-refractivity contribution in [1.82, 2.24) is 4.98 Å². The predicted molar refractivity (Wildman–Crippen MR) is 97.2 cm³/mol. The molecule has 0 N–H and O–H groups in total. The number of Topliss-reactive ketones (excluding diaryl/α,β-unsaturated/α-hetero) is 1. The van der Waals surface area contributed by atoms with E-state index in [4.69, 9.17) is 4.98 Å². The largest absolute Gasteiger partial charge is 0.356 e. The minimum Gasteiger partial charge on any atom is -0.356 e. The van der Waals surface area contributed by atoms with Gasteiger partial charge < -0.3 is 4.90 Å². The maximum absolute atomic E-state index is 12.5. The van der Waals surface area contributed by atoms with Gasteiger partial charge in [0.1, 0.15) is 5.82 Å². The van der Waals surface area contributed by atoms with Gasteiger partial charge in [-0.1, -0.05) is 40.5 Å². The molecule has 0 atom stereocenters. The fourth-order valence-corrected chi connectivity index (χ4v) is 3.07. The molecule has 23 heavy (non-hydrogen) atoms. The fourth-order valence-electron chi connectivity index (χ4n) is 3.07. The van der Waals surface area contributed by atoms with E-state index in [-0.39, 0.29) is 11.3 Å². The van der Waals surface area contributed by atoms with Gasteiger partial charge in [0.25, 0.3) is 0 Å². The third kappa shape index (κ3) is 4.79. The molecule has 1 saturated carbocycles. The summed E-state index contributed by atoms with van der Waals surface area (Å²) < 4.78 is 0. The Morgan fingerprint density at radius 3 is 2.48 bits per heavy atom. The molecule has 0 spiro atoms. The number of carbonyl (C=O) groups is 1. The molecule has 2 rings (SSSR count). The number of nitrogens with zero attached hydrogens (tertiary/aromatic N) is 2. The number of hydrogen-bond acceptors (Lipinski definition) is 3. The molecule has 0 radical (unpaired) electrons. The Hall–Kier alpha value is -1.38. The van der Waals surface area contributed by atoms with Gasteiger partial charge in [0.2, 0.25) is 0 Å². The van der Waals surface area contributed by atoms with Gasteiger partial charge in [-0.2, -0.15) is 0 Å². The molecule has 0 bridgehead atoms. The number of aromatic nitrogens is 1. The van der Waals surface area contributed by atoms with Gasteiger partial charge in [0.05, 0.1) is 5.69 Å². The molecule has 1 aromatic heterocycles. The zero-order chi connectivity index (χ0) is 17.0. The van der Waals surface area contributed by atoms with Crippen molar-refractivity contribution in [3.8, 4) is 0 Å². The number of rotatable bonds is 7. The summed E-state index contributed by atoms with van der Waals surface area (Å²) in [6.07, 6.45) is 5.63. The van der Waals surface area contributed by atoms with Crippen LogP contribution in [0.1, 0.15) is 75.9 Å². The van der Waals surface area contributed by atoms with Crippen LogP contribution in [0.3, 0.4) is 0 Å². The van der Waals surface area contributed by atoms with Gasteiger partial charge >= 0.3 is 0 Å².